The molecule has 1 aromatic carbocycles. The highest BCUT2D eigenvalue weighted by atomic mass is 31.2. The number of nitrogens with zero attached hydrogens (tertiary/aromatic N) is 2. The fraction of sp³-hybridized carbons (Fsp3) is 0.222. The maximum absolute atomic E-state index is 12.7. The van der Waals surface area contributed by atoms with Gasteiger partial charge in [-0.3, -0.25) is 9.55 Å². The van der Waals surface area contributed by atoms with Crippen molar-refractivity contribution < 1.29 is 13.6 Å². The van der Waals surface area contributed by atoms with Crippen LogP contribution in [0, 0.1) is 11.3 Å². The Labute approximate surface area is 142 Å². The Balaban J connectivity index is 2.31. The van der Waals surface area contributed by atoms with E-state index in [1.165, 1.54) is 0 Å². The summed E-state index contributed by atoms with van der Waals surface area (Å²) in [7, 11) is -3.57. The van der Waals surface area contributed by atoms with Crippen LogP contribution in [0.3, 0.4) is 0 Å². The number of hydrogen-bond acceptors (Lipinski definition) is 5. The van der Waals surface area contributed by atoms with E-state index < -0.39 is 7.60 Å². The third-order valence-electron chi connectivity index (χ3n) is 3.24. The Morgan fingerprint density at radius 1 is 1.08 bits per heavy atom. The van der Waals surface area contributed by atoms with Crippen LogP contribution >= 0.6 is 7.60 Å². The van der Waals surface area contributed by atoms with Crippen molar-refractivity contribution in [3.8, 4) is 17.2 Å². The highest BCUT2D eigenvalue weighted by molar-refractivity contribution is 7.59. The molecule has 0 saturated heterocycles. The fourth-order valence-electron chi connectivity index (χ4n) is 2.16. The van der Waals surface area contributed by atoms with Crippen LogP contribution in [0.1, 0.15) is 19.4 Å². The van der Waals surface area contributed by atoms with Gasteiger partial charge in [-0.1, -0.05) is 24.3 Å². The van der Waals surface area contributed by atoms with E-state index in [1.54, 1.807) is 32.3 Å². The molecule has 6 heteroatoms. The maximum atomic E-state index is 12.7. The lowest BCUT2D eigenvalue weighted by Crippen LogP contribution is -1.97. The van der Waals surface area contributed by atoms with E-state index >= 15 is 0 Å². The highest BCUT2D eigenvalue weighted by Crippen LogP contribution is 2.56. The lowest BCUT2D eigenvalue weighted by Gasteiger charge is -2.15. The van der Waals surface area contributed by atoms with Gasteiger partial charge in [-0.15, -0.1) is 0 Å². The number of aromatic nitrogens is 1. The summed E-state index contributed by atoms with van der Waals surface area (Å²) in [6, 6.07) is 13.4. The number of allylic oxidation sites excluding steroid dienone is 1. The fourth-order valence-corrected chi connectivity index (χ4v) is 3.63. The molecule has 2 rings (SSSR count). The first-order valence-electron chi connectivity index (χ1n) is 7.65. The van der Waals surface area contributed by atoms with Gasteiger partial charge in [0.25, 0.3) is 0 Å². The Kier molecular flexibility index (Phi) is 6.45. The van der Waals surface area contributed by atoms with Gasteiger partial charge in [0.15, 0.2) is 0 Å². The summed E-state index contributed by atoms with van der Waals surface area (Å²) in [4.78, 5) is 4.00. The smallest absolute Gasteiger partial charge is 0.305 e. The molecule has 2 aromatic rings. The number of pyridine rings is 1. The Bertz CT molecular complexity index is 770. The minimum absolute atomic E-state index is 0.00265. The normalized spacial score (nSPS) is 12.0. The molecule has 0 aliphatic rings. The summed E-state index contributed by atoms with van der Waals surface area (Å²) in [6.45, 7) is 3.84. The van der Waals surface area contributed by atoms with Crippen LogP contribution in [-0.4, -0.2) is 18.2 Å². The number of benzene rings is 1. The second-order valence-corrected chi connectivity index (χ2v) is 6.83. The standard InChI is InChI=1S/C18H19N2O3P/c1-3-22-24(21,23-4-2)18(14-19)13-15-5-7-16(8-6-15)17-9-11-20-12-10-17/h5-13H,3-4H2,1-2H3. The Morgan fingerprint density at radius 2 is 1.62 bits per heavy atom. The van der Waals surface area contributed by atoms with Crippen molar-refractivity contribution in [2.45, 2.75) is 13.8 Å². The maximum Gasteiger partial charge on any atom is 0.371 e. The summed E-state index contributed by atoms with van der Waals surface area (Å²) in [5.41, 5.74) is 2.84. The number of nitriles is 1. The van der Waals surface area contributed by atoms with Gasteiger partial charge in [-0.25, -0.2) is 0 Å². The summed E-state index contributed by atoms with van der Waals surface area (Å²) >= 11 is 0. The van der Waals surface area contributed by atoms with E-state index in [4.69, 9.17) is 9.05 Å². The topological polar surface area (TPSA) is 72.2 Å². The van der Waals surface area contributed by atoms with E-state index in [2.05, 4.69) is 4.98 Å². The zero-order valence-electron chi connectivity index (χ0n) is 13.7. The van der Waals surface area contributed by atoms with Gasteiger partial charge in [0.2, 0.25) is 0 Å². The van der Waals surface area contributed by atoms with Crippen LogP contribution in [0.25, 0.3) is 17.2 Å². The molecular weight excluding hydrogens is 323 g/mol. The second-order valence-electron chi connectivity index (χ2n) is 4.83. The molecule has 0 unspecified atom stereocenters. The molecule has 0 N–H and O–H groups in total. The van der Waals surface area contributed by atoms with Gasteiger partial charge in [-0.2, -0.15) is 5.26 Å². The van der Waals surface area contributed by atoms with Gasteiger partial charge >= 0.3 is 7.60 Å². The second kappa shape index (κ2) is 8.56. The minimum Gasteiger partial charge on any atom is -0.305 e. The number of hydrogen-bond donors (Lipinski definition) is 0. The molecule has 0 fully saturated rings. The molecule has 0 aliphatic heterocycles. The molecular formula is C18H19N2O3P. The van der Waals surface area contributed by atoms with Crippen molar-refractivity contribution >= 4 is 13.7 Å². The van der Waals surface area contributed by atoms with Gasteiger partial charge in [-0.05, 0) is 48.7 Å². The van der Waals surface area contributed by atoms with Crippen LogP contribution in [-0.2, 0) is 13.6 Å². The summed E-state index contributed by atoms with van der Waals surface area (Å²) < 4.78 is 23.1. The largest absolute Gasteiger partial charge is 0.371 e. The molecule has 0 saturated carbocycles. The van der Waals surface area contributed by atoms with Crippen molar-refractivity contribution in [3.05, 3.63) is 59.7 Å². The first-order chi connectivity index (χ1) is 11.6. The Morgan fingerprint density at radius 3 is 2.12 bits per heavy atom. The highest BCUT2D eigenvalue weighted by Gasteiger charge is 2.29. The summed E-state index contributed by atoms with van der Waals surface area (Å²) in [6.07, 6.45) is 5.01. The third-order valence-corrected chi connectivity index (χ3v) is 5.25. The van der Waals surface area contributed by atoms with E-state index in [0.717, 1.165) is 16.7 Å². The molecule has 0 atom stereocenters. The van der Waals surface area contributed by atoms with Gasteiger partial charge in [0.1, 0.15) is 11.4 Å². The summed E-state index contributed by atoms with van der Waals surface area (Å²) in [5.74, 6) is 0. The first kappa shape index (κ1) is 18.1. The van der Waals surface area contributed by atoms with Crippen molar-refractivity contribution in [2.24, 2.45) is 0 Å². The van der Waals surface area contributed by atoms with Crippen molar-refractivity contribution in [1.82, 2.24) is 4.98 Å². The SMILES string of the molecule is CCOP(=O)(OCC)C(C#N)=Cc1ccc(-c2ccncc2)cc1. The van der Waals surface area contributed by atoms with E-state index in [9.17, 15) is 9.83 Å². The average molecular weight is 342 g/mol. The zero-order chi connectivity index (χ0) is 17.4. The average Bonchev–Trinajstić information content (AvgIpc) is 2.61. The molecule has 0 radical (unpaired) electrons. The predicted molar refractivity (Wildman–Crippen MR) is 94.1 cm³/mol. The van der Waals surface area contributed by atoms with Crippen LogP contribution in [0.4, 0.5) is 0 Å². The number of rotatable bonds is 7. The third kappa shape index (κ3) is 4.39. The molecule has 124 valence electrons. The monoisotopic (exact) mass is 342 g/mol. The summed E-state index contributed by atoms with van der Waals surface area (Å²) in [5, 5.41) is 9.35. The quantitative estimate of drug-likeness (QED) is 0.530. The van der Waals surface area contributed by atoms with Crippen LogP contribution in [0.2, 0.25) is 0 Å². The molecule has 0 amide bonds. The van der Waals surface area contributed by atoms with Crippen LogP contribution in [0.5, 0.6) is 0 Å². The van der Waals surface area contributed by atoms with Crippen molar-refractivity contribution in [3.63, 3.8) is 0 Å². The van der Waals surface area contributed by atoms with Gasteiger partial charge in [0.05, 0.1) is 13.2 Å². The van der Waals surface area contributed by atoms with E-state index in [0.29, 0.717) is 0 Å². The predicted octanol–water partition coefficient (Wildman–Crippen LogP) is 4.88. The van der Waals surface area contributed by atoms with Crippen molar-refractivity contribution in [1.29, 1.82) is 5.26 Å². The van der Waals surface area contributed by atoms with Gasteiger partial charge < -0.3 is 9.05 Å². The van der Waals surface area contributed by atoms with Crippen LogP contribution < -0.4 is 0 Å². The zero-order valence-corrected chi connectivity index (χ0v) is 14.6. The molecule has 24 heavy (non-hydrogen) atoms. The first-order valence-corrected chi connectivity index (χ1v) is 9.19. The Hall–Kier alpha value is -2.25. The van der Waals surface area contributed by atoms with E-state index in [-0.39, 0.29) is 18.5 Å². The lowest BCUT2D eigenvalue weighted by molar-refractivity contribution is 0.227. The lowest BCUT2D eigenvalue weighted by atomic mass is 10.1. The van der Waals surface area contributed by atoms with E-state index in [1.807, 2.05) is 42.5 Å². The molecule has 0 spiro atoms. The molecule has 1 heterocycles. The van der Waals surface area contributed by atoms with Crippen molar-refractivity contribution in [2.75, 3.05) is 13.2 Å². The molecule has 5 nitrogen and oxygen atoms in total. The molecule has 0 aliphatic carbocycles. The van der Waals surface area contributed by atoms with Gasteiger partial charge in [0, 0.05) is 12.4 Å². The van der Waals surface area contributed by atoms with Crippen LogP contribution in [0.15, 0.2) is 54.1 Å². The molecule has 1 aromatic heterocycles. The minimum atomic E-state index is -3.57. The molecule has 0 bridgehead atoms.